The number of aromatic hydroxyl groups is 1. The molecule has 0 radical (unpaired) electrons. The zero-order valence-electron chi connectivity index (χ0n) is 12.8. The number of carbonyl (C=O) groups is 1. The molecule has 0 spiro atoms. The van der Waals surface area contributed by atoms with Crippen molar-refractivity contribution in [2.75, 3.05) is 5.32 Å². The smallest absolute Gasteiger partial charge is 0.224 e. The summed E-state index contributed by atoms with van der Waals surface area (Å²) in [5.41, 5.74) is 2.38. The van der Waals surface area contributed by atoms with E-state index in [-0.39, 0.29) is 11.7 Å². The van der Waals surface area contributed by atoms with Crippen molar-refractivity contribution in [3.05, 3.63) is 23.3 Å². The van der Waals surface area contributed by atoms with Crippen LogP contribution in [0, 0.1) is 19.8 Å². The number of piperidine rings is 1. The van der Waals surface area contributed by atoms with Gasteiger partial charge in [-0.25, -0.2) is 0 Å². The zero-order valence-corrected chi connectivity index (χ0v) is 12.8. The summed E-state index contributed by atoms with van der Waals surface area (Å²) < 4.78 is 0. The summed E-state index contributed by atoms with van der Waals surface area (Å²) >= 11 is 0. The zero-order chi connectivity index (χ0) is 15.0. The number of nitrogens with one attached hydrogen (secondary N) is 2. The van der Waals surface area contributed by atoms with Gasteiger partial charge in [0.2, 0.25) is 5.91 Å². The van der Waals surface area contributed by atoms with Gasteiger partial charge in [0, 0.05) is 18.5 Å². The van der Waals surface area contributed by atoms with Gasteiger partial charge in [0.1, 0.15) is 5.75 Å². The van der Waals surface area contributed by atoms with Crippen molar-refractivity contribution in [3.8, 4) is 5.75 Å². The molecular weight excluding hydrogens is 264 g/mol. The number of anilines is 1. The van der Waals surface area contributed by atoms with Crippen molar-refractivity contribution in [2.45, 2.75) is 58.0 Å². The molecule has 2 bridgehead atoms. The van der Waals surface area contributed by atoms with Gasteiger partial charge in [0.05, 0.1) is 5.69 Å². The molecule has 0 aromatic heterocycles. The minimum atomic E-state index is 0.0154. The van der Waals surface area contributed by atoms with Crippen molar-refractivity contribution >= 4 is 11.6 Å². The number of benzene rings is 1. The lowest BCUT2D eigenvalue weighted by Crippen LogP contribution is -2.39. The molecule has 2 unspecified atom stereocenters. The van der Waals surface area contributed by atoms with Crippen LogP contribution in [-0.4, -0.2) is 23.1 Å². The molecule has 0 aliphatic carbocycles. The molecule has 1 aromatic carbocycles. The molecule has 2 saturated heterocycles. The Morgan fingerprint density at radius 3 is 2.62 bits per heavy atom. The highest BCUT2D eigenvalue weighted by Gasteiger charge is 2.34. The number of rotatable bonds is 3. The Balaban J connectivity index is 1.62. The highest BCUT2D eigenvalue weighted by Crippen LogP contribution is 2.33. The van der Waals surface area contributed by atoms with Crippen LogP contribution in [0.5, 0.6) is 5.75 Å². The second-order valence-electron chi connectivity index (χ2n) is 6.71. The largest absolute Gasteiger partial charge is 0.505 e. The lowest BCUT2D eigenvalue weighted by atomic mass is 9.89. The van der Waals surface area contributed by atoms with Gasteiger partial charge in [-0.1, -0.05) is 6.07 Å². The normalized spacial score (nSPS) is 27.6. The van der Waals surface area contributed by atoms with Crippen molar-refractivity contribution in [1.82, 2.24) is 5.32 Å². The van der Waals surface area contributed by atoms with Gasteiger partial charge in [0.15, 0.2) is 0 Å². The van der Waals surface area contributed by atoms with E-state index in [0.717, 1.165) is 24.0 Å². The van der Waals surface area contributed by atoms with E-state index < -0.39 is 0 Å². The number of hydrogen-bond acceptors (Lipinski definition) is 3. The van der Waals surface area contributed by atoms with Gasteiger partial charge in [0.25, 0.3) is 0 Å². The number of phenols is 1. The number of carbonyl (C=O) groups excluding carboxylic acids is 1. The molecule has 2 aliphatic heterocycles. The molecule has 2 fully saturated rings. The first-order valence-electron chi connectivity index (χ1n) is 7.87. The minimum Gasteiger partial charge on any atom is -0.505 e. The molecule has 2 heterocycles. The second kappa shape index (κ2) is 5.68. The fourth-order valence-corrected chi connectivity index (χ4v) is 3.86. The van der Waals surface area contributed by atoms with E-state index in [4.69, 9.17) is 0 Å². The third kappa shape index (κ3) is 3.21. The Bertz CT molecular complexity index is 544. The highest BCUT2D eigenvalue weighted by molar-refractivity contribution is 5.92. The van der Waals surface area contributed by atoms with Crippen molar-refractivity contribution in [1.29, 1.82) is 0 Å². The third-order valence-corrected chi connectivity index (χ3v) is 4.76. The molecule has 4 nitrogen and oxygen atoms in total. The number of hydrogen-bond donors (Lipinski definition) is 3. The van der Waals surface area contributed by atoms with Crippen LogP contribution >= 0.6 is 0 Å². The summed E-state index contributed by atoms with van der Waals surface area (Å²) in [7, 11) is 0. The first kappa shape index (κ1) is 14.4. The van der Waals surface area contributed by atoms with E-state index in [1.165, 1.54) is 12.8 Å². The topological polar surface area (TPSA) is 61.4 Å². The molecule has 21 heavy (non-hydrogen) atoms. The van der Waals surface area contributed by atoms with Crippen LogP contribution in [0.25, 0.3) is 0 Å². The minimum absolute atomic E-state index is 0.0154. The summed E-state index contributed by atoms with van der Waals surface area (Å²) in [5, 5.41) is 16.5. The molecule has 1 amide bonds. The summed E-state index contributed by atoms with van der Waals surface area (Å²) in [6.07, 6.45) is 5.26. The number of amides is 1. The fraction of sp³-hybridized carbons (Fsp3) is 0.588. The van der Waals surface area contributed by atoms with Crippen LogP contribution in [0.2, 0.25) is 0 Å². The predicted octanol–water partition coefficient (Wildman–Crippen LogP) is 2.87. The van der Waals surface area contributed by atoms with Crippen LogP contribution in [0.3, 0.4) is 0 Å². The molecule has 2 aliphatic rings. The molecule has 1 aromatic rings. The maximum Gasteiger partial charge on any atom is 0.224 e. The van der Waals surface area contributed by atoms with E-state index in [1.54, 1.807) is 0 Å². The fourth-order valence-electron chi connectivity index (χ4n) is 3.86. The average molecular weight is 288 g/mol. The predicted molar refractivity (Wildman–Crippen MR) is 83.5 cm³/mol. The summed E-state index contributed by atoms with van der Waals surface area (Å²) in [6.45, 7) is 3.81. The van der Waals surface area contributed by atoms with Crippen LogP contribution in [0.1, 0.15) is 43.2 Å². The summed E-state index contributed by atoms with van der Waals surface area (Å²) in [6, 6.07) is 4.95. The standard InChI is InChI=1S/C17H24N2O2/c1-10-5-11(2)17(21)15(6-10)19-16(20)9-12-7-13-3-4-14(8-12)18-13/h5-6,12-14,18,21H,3-4,7-9H2,1-2H3,(H,19,20). The number of phenolic OH excluding ortho intramolecular Hbond substituents is 1. The van der Waals surface area contributed by atoms with Gasteiger partial charge in [-0.3, -0.25) is 4.79 Å². The second-order valence-corrected chi connectivity index (χ2v) is 6.71. The third-order valence-electron chi connectivity index (χ3n) is 4.76. The molecule has 3 N–H and O–H groups in total. The number of fused-ring (bicyclic) bond motifs is 2. The maximum absolute atomic E-state index is 12.2. The molecule has 2 atom stereocenters. The Labute approximate surface area is 125 Å². The molecule has 114 valence electrons. The molecular formula is C17H24N2O2. The van der Waals surface area contributed by atoms with Crippen molar-refractivity contribution < 1.29 is 9.90 Å². The van der Waals surface area contributed by atoms with Crippen LogP contribution in [-0.2, 0) is 4.79 Å². The highest BCUT2D eigenvalue weighted by atomic mass is 16.3. The lowest BCUT2D eigenvalue weighted by molar-refractivity contribution is -0.117. The van der Waals surface area contributed by atoms with Gasteiger partial charge in [-0.05, 0) is 62.6 Å². The molecule has 0 saturated carbocycles. The van der Waals surface area contributed by atoms with E-state index in [0.29, 0.717) is 30.1 Å². The Morgan fingerprint density at radius 1 is 1.29 bits per heavy atom. The van der Waals surface area contributed by atoms with Crippen LogP contribution < -0.4 is 10.6 Å². The Kier molecular flexibility index (Phi) is 3.89. The van der Waals surface area contributed by atoms with Crippen molar-refractivity contribution in [2.24, 2.45) is 5.92 Å². The first-order chi connectivity index (χ1) is 10.0. The van der Waals surface area contributed by atoms with E-state index in [2.05, 4.69) is 10.6 Å². The van der Waals surface area contributed by atoms with Crippen LogP contribution in [0.4, 0.5) is 5.69 Å². The van der Waals surface area contributed by atoms with Gasteiger partial charge in [-0.15, -0.1) is 0 Å². The van der Waals surface area contributed by atoms with Crippen LogP contribution in [0.15, 0.2) is 12.1 Å². The SMILES string of the molecule is Cc1cc(C)c(O)c(NC(=O)CC2CC3CCC(C2)N3)c1. The van der Waals surface area contributed by atoms with Gasteiger partial charge < -0.3 is 15.7 Å². The Hall–Kier alpha value is -1.55. The van der Waals surface area contributed by atoms with Crippen molar-refractivity contribution in [3.63, 3.8) is 0 Å². The number of aryl methyl sites for hydroxylation is 2. The van der Waals surface area contributed by atoms with Gasteiger partial charge >= 0.3 is 0 Å². The quantitative estimate of drug-likeness (QED) is 0.750. The lowest BCUT2D eigenvalue weighted by Gasteiger charge is -2.28. The van der Waals surface area contributed by atoms with E-state index >= 15 is 0 Å². The molecule has 4 heteroatoms. The van der Waals surface area contributed by atoms with Gasteiger partial charge in [-0.2, -0.15) is 0 Å². The van der Waals surface area contributed by atoms with E-state index in [9.17, 15) is 9.90 Å². The summed E-state index contributed by atoms with van der Waals surface area (Å²) in [5.74, 6) is 0.665. The first-order valence-corrected chi connectivity index (χ1v) is 7.87. The summed E-state index contributed by atoms with van der Waals surface area (Å²) in [4.78, 5) is 12.2. The maximum atomic E-state index is 12.2. The Morgan fingerprint density at radius 2 is 1.95 bits per heavy atom. The average Bonchev–Trinajstić information content (AvgIpc) is 2.74. The van der Waals surface area contributed by atoms with E-state index in [1.807, 2.05) is 26.0 Å². The molecule has 3 rings (SSSR count). The monoisotopic (exact) mass is 288 g/mol.